The molecule has 10 radical (unpaired) electrons. The summed E-state index contributed by atoms with van der Waals surface area (Å²) in [5, 5.41) is 457. The van der Waals surface area contributed by atoms with E-state index in [1.54, 1.807) is 0 Å². The van der Waals surface area contributed by atoms with Crippen LogP contribution < -0.4 is 0 Å². The fourth-order valence-electron chi connectivity index (χ4n) is 0. The summed E-state index contributed by atoms with van der Waals surface area (Å²) in [6.07, 6.45) is 0. The average Bonchev–Trinajstić information content (AvgIpc) is 3.31. The van der Waals surface area contributed by atoms with Gasteiger partial charge in [0, 0.05) is 0 Å². The van der Waals surface area contributed by atoms with Crippen molar-refractivity contribution < 1.29 is 328 Å². The van der Waals surface area contributed by atoms with Gasteiger partial charge in [-0.2, -0.15) is 0 Å². The smallest absolute Gasteiger partial charge is 0.356 e. The van der Waals surface area contributed by atoms with Crippen molar-refractivity contribution in [3.05, 3.63) is 475 Å². The van der Waals surface area contributed by atoms with Gasteiger partial charge in [-0.1, -0.05) is 0 Å². The Hall–Kier alpha value is -19.6. The van der Waals surface area contributed by atoms with Crippen LogP contribution in [0.5, 0.6) is 0 Å². The van der Waals surface area contributed by atoms with E-state index in [1.807, 2.05) is 0 Å². The van der Waals surface area contributed by atoms with Crippen LogP contribution in [0.1, 0.15) is 0 Å². The summed E-state index contributed by atoms with van der Waals surface area (Å²) in [7, 11) is 0. The van der Waals surface area contributed by atoms with Gasteiger partial charge in [0.2, 0.25) is 0 Å². The predicted molar refractivity (Wildman–Crippen MR) is 321 cm³/mol. The summed E-state index contributed by atoms with van der Waals surface area (Å²) in [5.41, 5.74) is 0. The van der Waals surface area contributed by atoms with Crippen LogP contribution in [0.2, 0.25) is 0 Å². The maximum Gasteiger partial charge on any atom is 3.00 e. The van der Waals surface area contributed by atoms with Gasteiger partial charge in [-0.15, -0.1) is 0 Å². The topological polar surface area (TPSA) is 2050 Å². The first kappa shape index (κ1) is 273. The van der Waals surface area contributed by atoms with Crippen molar-refractivity contribution >= 4 is 0 Å². The normalized spacial score (nSPS) is 5.55. The second kappa shape index (κ2) is 266. The minimum Gasteiger partial charge on any atom is -0.356 e. The quantitative estimate of drug-likeness (QED) is 0.123. The fraction of sp³-hybridized carbons (Fsp3) is 0. The summed E-state index contributed by atoms with van der Waals surface area (Å²) in [6, 6.07) is 0. The number of nitrogens with zero attached hydrogens (tertiary/aromatic N) is 31. The number of hydrogen-bond acceptors (Lipinski definition) is 93. The van der Waals surface area contributed by atoms with Crippen molar-refractivity contribution in [1.29, 1.82) is 0 Å². The second-order valence-electron chi connectivity index (χ2n) is 6.93. The summed E-state index contributed by atoms with van der Waals surface area (Å²) < 4.78 is 0. The Bertz CT molecular complexity index is 1790. The molecule has 0 saturated heterocycles. The van der Waals surface area contributed by atoms with Gasteiger partial charge >= 0.3 is 171 Å². The van der Waals surface area contributed by atoms with Crippen LogP contribution in [-0.2, 0) is 171 Å². The Morgan fingerprint density at radius 2 is 0.0522 bits per heavy atom. The number of rotatable bonds is 0. The van der Waals surface area contributed by atoms with Gasteiger partial charge < -0.3 is 475 Å². The van der Waals surface area contributed by atoms with E-state index in [4.69, 9.17) is 475 Å². The molecule has 794 valence electrons. The van der Waals surface area contributed by atoms with E-state index in [9.17, 15) is 0 Å². The molecular formula is Fe10N31O93-. The van der Waals surface area contributed by atoms with Gasteiger partial charge in [-0.05, 0) is 0 Å². The first-order valence-electron chi connectivity index (χ1n) is 17.0. The summed E-state index contributed by atoms with van der Waals surface area (Å²) in [6.45, 7) is 0. The third-order valence-corrected chi connectivity index (χ3v) is 0. The van der Waals surface area contributed by atoms with Crippen LogP contribution in [0.4, 0.5) is 0 Å². The van der Waals surface area contributed by atoms with Crippen molar-refractivity contribution in [3.8, 4) is 0 Å². The molecule has 0 aliphatic carbocycles. The van der Waals surface area contributed by atoms with Gasteiger partial charge in [-0.3, -0.25) is 0 Å². The maximum absolute atomic E-state index is 8.25. The zero-order valence-electron chi connectivity index (χ0n) is 55.4. The van der Waals surface area contributed by atoms with Crippen LogP contribution in [0.3, 0.4) is 0 Å². The average molecular weight is 2480 g/mol. The van der Waals surface area contributed by atoms with Crippen LogP contribution in [-0.4, -0.2) is 158 Å². The van der Waals surface area contributed by atoms with Crippen molar-refractivity contribution in [2.45, 2.75) is 0 Å². The molecule has 0 unspecified atom stereocenters. The molecule has 0 saturated carbocycles. The molecule has 134 heteroatoms. The van der Waals surface area contributed by atoms with Crippen LogP contribution in [0.25, 0.3) is 0 Å². The van der Waals surface area contributed by atoms with Crippen LogP contribution >= 0.6 is 0 Å². The van der Waals surface area contributed by atoms with E-state index in [1.165, 1.54) is 0 Å². The Kier molecular flexibility index (Phi) is 542. The monoisotopic (exact) mass is 2480 g/mol. The second-order valence-corrected chi connectivity index (χ2v) is 6.93. The van der Waals surface area contributed by atoms with Crippen LogP contribution in [0.15, 0.2) is 0 Å². The molecule has 0 heterocycles. The minimum absolute atomic E-state index is 0. The van der Waals surface area contributed by atoms with Gasteiger partial charge in [0.1, 0.15) is 0 Å². The molecular weight excluding hydrogens is 2480 g/mol. The summed E-state index contributed by atoms with van der Waals surface area (Å²) >= 11 is 0. The van der Waals surface area contributed by atoms with Gasteiger partial charge in [0.05, 0.1) is 158 Å². The third-order valence-electron chi connectivity index (χ3n) is 0. The molecule has 0 fully saturated rings. The molecule has 0 aromatic heterocycles. The van der Waals surface area contributed by atoms with E-state index in [-0.39, 0.29) is 171 Å². The van der Waals surface area contributed by atoms with Crippen molar-refractivity contribution in [2.24, 2.45) is 0 Å². The Morgan fingerprint density at radius 1 is 0.0522 bits per heavy atom. The van der Waals surface area contributed by atoms with E-state index in [0.29, 0.717) is 0 Å². The van der Waals surface area contributed by atoms with Crippen molar-refractivity contribution in [2.75, 3.05) is 0 Å². The maximum atomic E-state index is 8.25. The molecule has 0 aliphatic heterocycles. The number of hydrogen-bond donors (Lipinski definition) is 0. The SMILES string of the molecule is O=[N+]([O-])[O-].O=[N+]([O-])[O-].O=[N+]([O-])[O-].O=[N+]([O-])[O-].O=[N+]([O-])[O-].O=[N+]([O-])[O-].O=[N+]([O-])[O-].O=[N+]([O-])[O-].O=[N+]([O-])[O-].O=[N+]([O-])[O-].O=[N+]([O-])[O-].O=[N+]([O-])[O-].O=[N+]([O-])[O-].O=[N+]([O-])[O-].O=[N+]([O-])[O-].O=[N+]([O-])[O-].O=[N+]([O-])[O-].O=[N+]([O-])[O-].O=[N+]([O-])[O-].O=[N+]([O-])[O-].O=[N+]([O-])[O-].O=[N+]([O-])[O-].O=[N+]([O-])[O-].O=[N+]([O-])[O-].O=[N+]([O-])[O-].O=[N+]([O-])[O-].O=[N+]([O-])[O-].O=[N+]([O-])[O-].O=[N+]([O-])[O-].O=[N+]([O-])[O-].O=[N+]([O-])[O-].[Fe+3].[Fe+3].[Fe+3].[Fe+3].[Fe+3].[Fe+3].[Fe+3].[Fe+3].[Fe+3].[Fe+3]. The molecule has 0 aliphatic rings. The molecule has 0 aromatic rings. The van der Waals surface area contributed by atoms with Gasteiger partial charge in [0.25, 0.3) is 0 Å². The Balaban J connectivity index is -0.0000000171. The minimum atomic E-state index is -1.75. The van der Waals surface area contributed by atoms with Gasteiger partial charge in [0.15, 0.2) is 0 Å². The van der Waals surface area contributed by atoms with Crippen molar-refractivity contribution in [1.82, 2.24) is 0 Å². The van der Waals surface area contributed by atoms with Crippen LogP contribution in [0, 0.1) is 475 Å². The largest absolute Gasteiger partial charge is 3.00 e. The molecule has 0 N–H and O–H groups in total. The molecule has 0 spiro atoms. The van der Waals surface area contributed by atoms with E-state index in [2.05, 4.69) is 0 Å². The van der Waals surface area contributed by atoms with Crippen molar-refractivity contribution in [3.63, 3.8) is 0 Å². The predicted octanol–water partition coefficient (Wildman–Crippen LogP) is -7.44. The zero-order chi connectivity index (χ0) is 111. The fourth-order valence-corrected chi connectivity index (χ4v) is 0. The molecule has 0 atom stereocenters. The molecule has 0 amide bonds. The zero-order valence-corrected chi connectivity index (χ0v) is 66.4. The first-order chi connectivity index (χ1) is 53.7. The molecule has 124 nitrogen and oxygen atoms in total. The van der Waals surface area contributed by atoms with E-state index >= 15 is 0 Å². The summed E-state index contributed by atoms with van der Waals surface area (Å²) in [4.78, 5) is 256. The van der Waals surface area contributed by atoms with E-state index < -0.39 is 158 Å². The summed E-state index contributed by atoms with van der Waals surface area (Å²) in [5.74, 6) is 0. The third kappa shape index (κ3) is 3630. The Morgan fingerprint density at radius 3 is 0.0522 bits per heavy atom. The molecule has 134 heavy (non-hydrogen) atoms. The molecule has 0 rings (SSSR count). The van der Waals surface area contributed by atoms with E-state index in [0.717, 1.165) is 0 Å². The molecule has 0 bridgehead atoms. The van der Waals surface area contributed by atoms with Gasteiger partial charge in [-0.25, -0.2) is 0 Å². The standard InChI is InChI=1S/10Fe.31NO3/c;;;;;;;;;;31*2-1(3)4/q10*+3;31*-1. The first-order valence-corrected chi connectivity index (χ1v) is 17.0. The Labute approximate surface area is 800 Å². The molecule has 0 aromatic carbocycles.